The number of hydrogen-bond acceptors (Lipinski definition) is 3. The first-order valence-corrected chi connectivity index (χ1v) is 8.77. The Bertz CT molecular complexity index is 1220. The van der Waals surface area contributed by atoms with E-state index in [9.17, 15) is 4.79 Å². The molecule has 0 saturated heterocycles. The van der Waals surface area contributed by atoms with E-state index >= 15 is 0 Å². The van der Waals surface area contributed by atoms with Crippen LogP contribution in [0.1, 0.15) is 16.7 Å². The SMILES string of the molecule is Cc1ccc2nc(-c3ccc(/C=C4\C(=O)Nc5ccccc54)cc3)oc2c1. The van der Waals surface area contributed by atoms with Crippen LogP contribution in [-0.2, 0) is 4.79 Å². The van der Waals surface area contributed by atoms with Gasteiger partial charge in [0.1, 0.15) is 5.52 Å². The number of aryl methyl sites for hydroxylation is 1. The van der Waals surface area contributed by atoms with Crippen LogP contribution in [-0.4, -0.2) is 10.9 Å². The molecule has 1 aromatic heterocycles. The van der Waals surface area contributed by atoms with Gasteiger partial charge in [0.25, 0.3) is 5.91 Å². The van der Waals surface area contributed by atoms with Gasteiger partial charge in [0.05, 0.1) is 0 Å². The van der Waals surface area contributed by atoms with Crippen molar-refractivity contribution >= 4 is 34.3 Å². The summed E-state index contributed by atoms with van der Waals surface area (Å²) in [5, 5.41) is 2.89. The fourth-order valence-electron chi connectivity index (χ4n) is 3.33. The van der Waals surface area contributed by atoms with E-state index in [1.807, 2.05) is 79.7 Å². The van der Waals surface area contributed by atoms with E-state index in [0.717, 1.165) is 39.0 Å². The smallest absolute Gasteiger partial charge is 0.256 e. The summed E-state index contributed by atoms with van der Waals surface area (Å²) >= 11 is 0. The van der Waals surface area contributed by atoms with Crippen LogP contribution in [0.25, 0.3) is 34.2 Å². The molecule has 2 heterocycles. The topological polar surface area (TPSA) is 55.1 Å². The van der Waals surface area contributed by atoms with Gasteiger partial charge in [-0.1, -0.05) is 36.4 Å². The molecule has 3 aromatic carbocycles. The first-order chi connectivity index (χ1) is 13.2. The molecule has 130 valence electrons. The maximum Gasteiger partial charge on any atom is 0.256 e. The van der Waals surface area contributed by atoms with Gasteiger partial charge in [-0.3, -0.25) is 4.79 Å². The molecule has 1 aliphatic rings. The molecule has 0 unspecified atom stereocenters. The summed E-state index contributed by atoms with van der Waals surface area (Å²) in [6.45, 7) is 2.03. The fourth-order valence-corrected chi connectivity index (χ4v) is 3.33. The molecular formula is C23H16N2O2. The Morgan fingerprint density at radius 2 is 1.81 bits per heavy atom. The minimum atomic E-state index is -0.0744. The maximum atomic E-state index is 12.2. The fraction of sp³-hybridized carbons (Fsp3) is 0.0435. The molecule has 4 nitrogen and oxygen atoms in total. The predicted octanol–water partition coefficient (Wildman–Crippen LogP) is 5.30. The normalized spacial score (nSPS) is 14.6. The number of fused-ring (bicyclic) bond motifs is 2. The van der Waals surface area contributed by atoms with Crippen molar-refractivity contribution in [2.24, 2.45) is 0 Å². The number of rotatable bonds is 2. The number of benzene rings is 3. The van der Waals surface area contributed by atoms with E-state index in [1.54, 1.807) is 0 Å². The maximum absolute atomic E-state index is 12.2. The lowest BCUT2D eigenvalue weighted by molar-refractivity contribution is -0.110. The van der Waals surface area contributed by atoms with Crippen LogP contribution in [0.4, 0.5) is 5.69 Å². The van der Waals surface area contributed by atoms with Gasteiger partial charge in [-0.25, -0.2) is 4.98 Å². The molecule has 0 fully saturated rings. The second-order valence-electron chi connectivity index (χ2n) is 6.67. The van der Waals surface area contributed by atoms with Gasteiger partial charge in [0.15, 0.2) is 5.58 Å². The highest BCUT2D eigenvalue weighted by Gasteiger charge is 2.23. The van der Waals surface area contributed by atoms with Gasteiger partial charge in [0, 0.05) is 22.4 Å². The van der Waals surface area contributed by atoms with Gasteiger partial charge < -0.3 is 9.73 Å². The molecule has 27 heavy (non-hydrogen) atoms. The van der Waals surface area contributed by atoms with Crippen LogP contribution in [0.3, 0.4) is 0 Å². The van der Waals surface area contributed by atoms with E-state index in [2.05, 4.69) is 10.3 Å². The van der Waals surface area contributed by atoms with Gasteiger partial charge in [-0.15, -0.1) is 0 Å². The number of hydrogen-bond donors (Lipinski definition) is 1. The number of nitrogens with one attached hydrogen (secondary N) is 1. The predicted molar refractivity (Wildman–Crippen MR) is 107 cm³/mol. The Hall–Kier alpha value is -3.66. The lowest BCUT2D eigenvalue weighted by Gasteiger charge is -2.00. The zero-order chi connectivity index (χ0) is 18.4. The monoisotopic (exact) mass is 352 g/mol. The van der Waals surface area contributed by atoms with Crippen molar-refractivity contribution in [1.82, 2.24) is 4.98 Å². The zero-order valence-corrected chi connectivity index (χ0v) is 14.7. The van der Waals surface area contributed by atoms with Crippen LogP contribution in [0.2, 0.25) is 0 Å². The van der Waals surface area contributed by atoms with Crippen molar-refractivity contribution in [3.63, 3.8) is 0 Å². The van der Waals surface area contributed by atoms with Crippen LogP contribution < -0.4 is 5.32 Å². The summed E-state index contributed by atoms with van der Waals surface area (Å²) in [5.41, 5.74) is 7.09. The van der Waals surface area contributed by atoms with Crippen molar-refractivity contribution < 1.29 is 9.21 Å². The second kappa shape index (κ2) is 5.95. The molecular weight excluding hydrogens is 336 g/mol. The molecule has 0 radical (unpaired) electrons. The Balaban J connectivity index is 1.49. The van der Waals surface area contributed by atoms with Crippen molar-refractivity contribution in [3.05, 3.63) is 83.4 Å². The Kier molecular flexibility index (Phi) is 3.44. The summed E-state index contributed by atoms with van der Waals surface area (Å²) in [6, 6.07) is 21.5. The molecule has 1 N–H and O–H groups in total. The van der Waals surface area contributed by atoms with E-state index in [-0.39, 0.29) is 5.91 Å². The van der Waals surface area contributed by atoms with E-state index in [4.69, 9.17) is 4.42 Å². The molecule has 1 amide bonds. The summed E-state index contributed by atoms with van der Waals surface area (Å²) in [4.78, 5) is 16.8. The average molecular weight is 352 g/mol. The number of oxazole rings is 1. The van der Waals surface area contributed by atoms with Gasteiger partial charge in [-0.2, -0.15) is 0 Å². The highest BCUT2D eigenvalue weighted by molar-refractivity contribution is 6.34. The summed E-state index contributed by atoms with van der Waals surface area (Å²) in [5.74, 6) is 0.522. The minimum Gasteiger partial charge on any atom is -0.436 e. The van der Waals surface area contributed by atoms with E-state index in [1.165, 1.54) is 0 Å². The first kappa shape index (κ1) is 15.6. The summed E-state index contributed by atoms with van der Waals surface area (Å²) in [6.07, 6.45) is 1.90. The summed E-state index contributed by atoms with van der Waals surface area (Å²) < 4.78 is 5.88. The Morgan fingerprint density at radius 3 is 2.67 bits per heavy atom. The molecule has 5 rings (SSSR count). The number of aromatic nitrogens is 1. The third kappa shape index (κ3) is 2.72. The number of amides is 1. The standard InChI is InChI=1S/C23H16N2O2/c1-14-6-11-20-21(12-14)27-23(25-20)16-9-7-15(8-10-16)13-18-17-4-2-3-5-19(17)24-22(18)26/h2-13H,1H3,(H,24,26)/b18-13-. The first-order valence-electron chi connectivity index (χ1n) is 8.77. The molecule has 0 aliphatic carbocycles. The summed E-state index contributed by atoms with van der Waals surface area (Å²) in [7, 11) is 0. The average Bonchev–Trinajstić information content (AvgIpc) is 3.23. The number of para-hydroxylation sites is 1. The molecule has 0 saturated carbocycles. The van der Waals surface area contributed by atoms with E-state index in [0.29, 0.717) is 11.5 Å². The van der Waals surface area contributed by atoms with Gasteiger partial charge in [-0.05, 0) is 54.5 Å². The molecule has 0 spiro atoms. The number of carbonyl (C=O) groups excluding carboxylic acids is 1. The lowest BCUT2D eigenvalue weighted by atomic mass is 10.0. The Morgan fingerprint density at radius 1 is 1.00 bits per heavy atom. The van der Waals surface area contributed by atoms with Crippen molar-refractivity contribution in [3.8, 4) is 11.5 Å². The third-order valence-electron chi connectivity index (χ3n) is 4.72. The van der Waals surface area contributed by atoms with Gasteiger partial charge >= 0.3 is 0 Å². The number of anilines is 1. The molecule has 0 atom stereocenters. The molecule has 4 aromatic rings. The van der Waals surface area contributed by atoms with Gasteiger partial charge in [0.2, 0.25) is 5.89 Å². The zero-order valence-electron chi connectivity index (χ0n) is 14.7. The second-order valence-corrected chi connectivity index (χ2v) is 6.67. The third-order valence-corrected chi connectivity index (χ3v) is 4.72. The highest BCUT2D eigenvalue weighted by atomic mass is 16.3. The number of carbonyl (C=O) groups is 1. The molecule has 1 aliphatic heterocycles. The van der Waals surface area contributed by atoms with Crippen molar-refractivity contribution in [1.29, 1.82) is 0 Å². The van der Waals surface area contributed by atoms with Crippen molar-refractivity contribution in [2.75, 3.05) is 5.32 Å². The molecule has 4 heteroatoms. The highest BCUT2D eigenvalue weighted by Crippen LogP contribution is 2.33. The van der Waals surface area contributed by atoms with Crippen LogP contribution in [0.5, 0.6) is 0 Å². The van der Waals surface area contributed by atoms with E-state index < -0.39 is 0 Å². The minimum absolute atomic E-state index is 0.0744. The Labute approximate surface area is 156 Å². The van der Waals surface area contributed by atoms with Crippen LogP contribution >= 0.6 is 0 Å². The quantitative estimate of drug-likeness (QED) is 0.498. The largest absolute Gasteiger partial charge is 0.436 e. The lowest BCUT2D eigenvalue weighted by Crippen LogP contribution is -2.03. The molecule has 0 bridgehead atoms. The van der Waals surface area contributed by atoms with Crippen molar-refractivity contribution in [2.45, 2.75) is 6.92 Å². The van der Waals surface area contributed by atoms with Crippen LogP contribution in [0, 0.1) is 6.92 Å². The number of nitrogens with zero attached hydrogens (tertiary/aromatic N) is 1. The van der Waals surface area contributed by atoms with Crippen LogP contribution in [0.15, 0.2) is 71.1 Å².